The third-order valence-corrected chi connectivity index (χ3v) is 2.31. The van der Waals surface area contributed by atoms with Crippen molar-refractivity contribution >= 4 is 11.8 Å². The van der Waals surface area contributed by atoms with Gasteiger partial charge >= 0.3 is 0 Å². The molecular weight excluding hydrogens is 182 g/mol. The number of aromatic nitrogens is 2. The summed E-state index contributed by atoms with van der Waals surface area (Å²) in [5.41, 5.74) is 0.988. The molecular formula is C9H11N3O2. The Balaban J connectivity index is 2.05. The Morgan fingerprint density at radius 3 is 2.93 bits per heavy atom. The lowest BCUT2D eigenvalue weighted by atomic mass is 10.0. The highest BCUT2D eigenvalue weighted by Gasteiger charge is 2.30. The van der Waals surface area contributed by atoms with Gasteiger partial charge in [-0.3, -0.25) is 19.6 Å². The summed E-state index contributed by atoms with van der Waals surface area (Å²) in [6.07, 6.45) is 4.46. The van der Waals surface area contributed by atoms with Crippen LogP contribution in [0.3, 0.4) is 0 Å². The highest BCUT2D eigenvalue weighted by Crippen LogP contribution is 2.16. The van der Waals surface area contributed by atoms with Crippen molar-refractivity contribution in [2.75, 3.05) is 0 Å². The standard InChI is InChI=1S/C9H11N3O2/c1-12-5-6(4-10-12)2-7-3-8(13)11-9(7)14/h4-5,7H,2-3H2,1H3,(H,11,13,14). The minimum Gasteiger partial charge on any atom is -0.296 e. The van der Waals surface area contributed by atoms with Gasteiger partial charge in [-0.05, 0) is 12.0 Å². The second kappa shape index (κ2) is 3.25. The third-order valence-electron chi connectivity index (χ3n) is 2.31. The highest BCUT2D eigenvalue weighted by molar-refractivity contribution is 6.03. The van der Waals surface area contributed by atoms with Crippen molar-refractivity contribution in [1.29, 1.82) is 0 Å². The molecule has 14 heavy (non-hydrogen) atoms. The van der Waals surface area contributed by atoms with Crippen LogP contribution in [0, 0.1) is 5.92 Å². The minimum atomic E-state index is -0.216. The number of carbonyl (C=O) groups excluding carboxylic acids is 2. The first-order chi connectivity index (χ1) is 6.65. The van der Waals surface area contributed by atoms with Crippen molar-refractivity contribution < 1.29 is 9.59 Å². The van der Waals surface area contributed by atoms with Crippen molar-refractivity contribution in [3.8, 4) is 0 Å². The summed E-state index contributed by atoms with van der Waals surface area (Å²) in [4.78, 5) is 22.1. The Kier molecular flexibility index (Phi) is 2.07. The Hall–Kier alpha value is -1.65. The van der Waals surface area contributed by atoms with Crippen LogP contribution < -0.4 is 5.32 Å². The molecule has 1 saturated heterocycles. The second-order valence-corrected chi connectivity index (χ2v) is 3.54. The molecule has 0 radical (unpaired) electrons. The van der Waals surface area contributed by atoms with Crippen molar-refractivity contribution in [2.45, 2.75) is 12.8 Å². The zero-order chi connectivity index (χ0) is 10.1. The highest BCUT2D eigenvalue weighted by atomic mass is 16.2. The Morgan fingerprint density at radius 1 is 1.64 bits per heavy atom. The number of rotatable bonds is 2. The molecule has 1 aliphatic heterocycles. The molecule has 0 saturated carbocycles. The van der Waals surface area contributed by atoms with Crippen molar-refractivity contribution in [3.05, 3.63) is 18.0 Å². The van der Waals surface area contributed by atoms with Gasteiger partial charge in [-0.15, -0.1) is 0 Å². The van der Waals surface area contributed by atoms with Gasteiger partial charge in [0, 0.05) is 19.7 Å². The Labute approximate surface area is 81.1 Å². The van der Waals surface area contributed by atoms with Crippen LogP contribution in [-0.2, 0) is 23.1 Å². The number of nitrogens with one attached hydrogen (secondary N) is 1. The quantitative estimate of drug-likeness (QED) is 0.651. The van der Waals surface area contributed by atoms with Crippen LogP contribution in [0.1, 0.15) is 12.0 Å². The van der Waals surface area contributed by atoms with Crippen LogP contribution in [-0.4, -0.2) is 21.6 Å². The van der Waals surface area contributed by atoms with E-state index in [1.165, 1.54) is 0 Å². The van der Waals surface area contributed by atoms with E-state index >= 15 is 0 Å². The van der Waals surface area contributed by atoms with Crippen LogP contribution in [0.2, 0.25) is 0 Å². The molecule has 1 aromatic rings. The molecule has 1 unspecified atom stereocenters. The number of aryl methyl sites for hydroxylation is 1. The molecule has 2 amide bonds. The molecule has 1 N–H and O–H groups in total. The molecule has 2 rings (SSSR count). The SMILES string of the molecule is Cn1cc(CC2CC(=O)NC2=O)cn1. The zero-order valence-electron chi connectivity index (χ0n) is 7.86. The monoisotopic (exact) mass is 193 g/mol. The van der Waals surface area contributed by atoms with E-state index < -0.39 is 0 Å². The van der Waals surface area contributed by atoms with Gasteiger partial charge in [-0.1, -0.05) is 0 Å². The molecule has 0 bridgehead atoms. The second-order valence-electron chi connectivity index (χ2n) is 3.54. The van der Waals surface area contributed by atoms with Crippen LogP contribution in [0.15, 0.2) is 12.4 Å². The first-order valence-electron chi connectivity index (χ1n) is 4.46. The van der Waals surface area contributed by atoms with Crippen molar-refractivity contribution in [1.82, 2.24) is 15.1 Å². The predicted octanol–water partition coefficient (Wildman–Crippen LogP) is -0.375. The van der Waals surface area contributed by atoms with Crippen LogP contribution in [0.25, 0.3) is 0 Å². The maximum absolute atomic E-state index is 11.2. The number of carbonyl (C=O) groups is 2. The molecule has 5 heteroatoms. The lowest BCUT2D eigenvalue weighted by Gasteiger charge is -2.01. The summed E-state index contributed by atoms with van der Waals surface area (Å²) in [7, 11) is 1.82. The molecule has 0 aromatic carbocycles. The zero-order valence-corrected chi connectivity index (χ0v) is 7.86. The van der Waals surface area contributed by atoms with Crippen LogP contribution >= 0.6 is 0 Å². The number of hydrogen-bond acceptors (Lipinski definition) is 3. The van der Waals surface area contributed by atoms with E-state index in [-0.39, 0.29) is 17.7 Å². The number of amides is 2. The number of hydrogen-bond donors (Lipinski definition) is 1. The van der Waals surface area contributed by atoms with Gasteiger partial charge in [0.15, 0.2) is 0 Å². The van der Waals surface area contributed by atoms with Gasteiger partial charge in [0.1, 0.15) is 0 Å². The van der Waals surface area contributed by atoms with E-state index in [1.807, 2.05) is 13.2 Å². The maximum atomic E-state index is 11.2. The Bertz CT molecular complexity index is 383. The Morgan fingerprint density at radius 2 is 2.43 bits per heavy atom. The van der Waals surface area contributed by atoms with E-state index in [4.69, 9.17) is 0 Å². The lowest BCUT2D eigenvalue weighted by Crippen LogP contribution is -2.22. The van der Waals surface area contributed by atoms with Crippen molar-refractivity contribution in [3.63, 3.8) is 0 Å². The van der Waals surface area contributed by atoms with Crippen LogP contribution in [0.5, 0.6) is 0 Å². The van der Waals surface area contributed by atoms with Crippen molar-refractivity contribution in [2.24, 2.45) is 13.0 Å². The van der Waals surface area contributed by atoms with E-state index in [9.17, 15) is 9.59 Å². The summed E-state index contributed by atoms with van der Waals surface area (Å²) in [6, 6.07) is 0. The fraction of sp³-hybridized carbons (Fsp3) is 0.444. The third kappa shape index (κ3) is 1.66. The summed E-state index contributed by atoms with van der Waals surface area (Å²) >= 11 is 0. The molecule has 5 nitrogen and oxygen atoms in total. The molecule has 2 heterocycles. The number of imide groups is 1. The molecule has 1 fully saturated rings. The fourth-order valence-corrected chi connectivity index (χ4v) is 1.63. The topological polar surface area (TPSA) is 64.0 Å². The normalized spacial score (nSPS) is 21.4. The van der Waals surface area contributed by atoms with Gasteiger partial charge in [0.2, 0.25) is 11.8 Å². The van der Waals surface area contributed by atoms with Gasteiger partial charge in [0.05, 0.1) is 12.1 Å². The van der Waals surface area contributed by atoms with Crippen LogP contribution in [0.4, 0.5) is 0 Å². The molecule has 1 aliphatic rings. The van der Waals surface area contributed by atoms with Gasteiger partial charge in [-0.2, -0.15) is 5.10 Å². The van der Waals surface area contributed by atoms with Gasteiger partial charge in [0.25, 0.3) is 0 Å². The van der Waals surface area contributed by atoms with E-state index in [1.54, 1.807) is 10.9 Å². The first kappa shape index (κ1) is 8.93. The van der Waals surface area contributed by atoms with E-state index in [2.05, 4.69) is 10.4 Å². The minimum absolute atomic E-state index is 0.168. The summed E-state index contributed by atoms with van der Waals surface area (Å²) in [5.74, 6) is -0.561. The molecule has 74 valence electrons. The first-order valence-corrected chi connectivity index (χ1v) is 4.46. The molecule has 1 atom stereocenters. The smallest absolute Gasteiger partial charge is 0.230 e. The summed E-state index contributed by atoms with van der Waals surface area (Å²) < 4.78 is 1.68. The summed E-state index contributed by atoms with van der Waals surface area (Å²) in [5, 5.41) is 6.29. The fourth-order valence-electron chi connectivity index (χ4n) is 1.63. The average Bonchev–Trinajstić information content (AvgIpc) is 2.61. The van der Waals surface area contributed by atoms with Gasteiger partial charge in [-0.25, -0.2) is 0 Å². The predicted molar refractivity (Wildman–Crippen MR) is 48.2 cm³/mol. The van der Waals surface area contributed by atoms with E-state index in [0.29, 0.717) is 12.8 Å². The summed E-state index contributed by atoms with van der Waals surface area (Å²) in [6.45, 7) is 0. The maximum Gasteiger partial charge on any atom is 0.230 e. The number of nitrogens with zero attached hydrogens (tertiary/aromatic N) is 2. The molecule has 0 spiro atoms. The largest absolute Gasteiger partial charge is 0.296 e. The lowest BCUT2D eigenvalue weighted by molar-refractivity contribution is -0.125. The average molecular weight is 193 g/mol. The van der Waals surface area contributed by atoms with E-state index in [0.717, 1.165) is 5.56 Å². The molecule has 1 aromatic heterocycles. The molecule has 0 aliphatic carbocycles. The van der Waals surface area contributed by atoms with Gasteiger partial charge < -0.3 is 0 Å².